The van der Waals surface area contributed by atoms with Gasteiger partial charge in [0.05, 0.1) is 15.5 Å². The van der Waals surface area contributed by atoms with Crippen molar-refractivity contribution in [3.05, 3.63) is 55.2 Å². The van der Waals surface area contributed by atoms with Crippen molar-refractivity contribution >= 4 is 51.6 Å². The number of nitrogens with zero attached hydrogens (tertiary/aromatic N) is 2. The molecule has 2 heterocycles. The Hall–Kier alpha value is -1.47. The molecule has 0 aliphatic rings. The Morgan fingerprint density at radius 1 is 1.24 bits per heavy atom. The number of nitro groups is 1. The molecular formula is C13H6Cl2N2O2S2. The summed E-state index contributed by atoms with van der Waals surface area (Å²) in [5, 5.41) is 14.1. The molecule has 0 aliphatic heterocycles. The first-order chi connectivity index (χ1) is 10.0. The summed E-state index contributed by atoms with van der Waals surface area (Å²) in [6.45, 7) is 0. The van der Waals surface area contributed by atoms with Gasteiger partial charge in [0, 0.05) is 22.0 Å². The first-order valence-electron chi connectivity index (χ1n) is 5.70. The van der Waals surface area contributed by atoms with Gasteiger partial charge < -0.3 is 0 Å². The fourth-order valence-electron chi connectivity index (χ4n) is 1.75. The van der Waals surface area contributed by atoms with Crippen molar-refractivity contribution in [3.8, 4) is 21.1 Å². The molecule has 3 aromatic rings. The highest BCUT2D eigenvalue weighted by Crippen LogP contribution is 2.40. The van der Waals surface area contributed by atoms with Crippen LogP contribution >= 0.6 is 45.9 Å². The fraction of sp³-hybridized carbons (Fsp3) is 0. The van der Waals surface area contributed by atoms with Gasteiger partial charge in [-0.3, -0.25) is 10.1 Å². The van der Waals surface area contributed by atoms with Gasteiger partial charge in [0.25, 0.3) is 5.69 Å². The lowest BCUT2D eigenvalue weighted by Crippen LogP contribution is -1.84. The molecule has 0 atom stereocenters. The Labute approximate surface area is 137 Å². The fourth-order valence-corrected chi connectivity index (χ4v) is 4.02. The summed E-state index contributed by atoms with van der Waals surface area (Å²) in [5.41, 5.74) is 1.50. The molecule has 8 heteroatoms. The quantitative estimate of drug-likeness (QED) is 0.443. The van der Waals surface area contributed by atoms with Crippen LogP contribution in [0.2, 0.25) is 9.36 Å². The zero-order valence-corrected chi connectivity index (χ0v) is 13.4. The van der Waals surface area contributed by atoms with E-state index in [0.717, 1.165) is 21.9 Å². The van der Waals surface area contributed by atoms with Gasteiger partial charge in [-0.2, -0.15) is 0 Å². The van der Waals surface area contributed by atoms with Gasteiger partial charge in [0.15, 0.2) is 4.34 Å². The zero-order chi connectivity index (χ0) is 15.0. The molecule has 2 aromatic heterocycles. The topological polar surface area (TPSA) is 56.0 Å². The Kier molecular flexibility index (Phi) is 3.95. The van der Waals surface area contributed by atoms with E-state index in [1.54, 1.807) is 6.07 Å². The SMILES string of the molecule is O=[N+]([O-])c1cc(-c2csc(-c3cccc(Cl)c3)n2)sc1Cl. The van der Waals surface area contributed by atoms with E-state index in [4.69, 9.17) is 23.2 Å². The van der Waals surface area contributed by atoms with Crippen LogP contribution in [-0.4, -0.2) is 9.91 Å². The number of hydrogen-bond acceptors (Lipinski definition) is 5. The molecule has 0 N–H and O–H groups in total. The van der Waals surface area contributed by atoms with E-state index in [9.17, 15) is 10.1 Å². The van der Waals surface area contributed by atoms with Gasteiger partial charge >= 0.3 is 0 Å². The molecule has 0 aliphatic carbocycles. The minimum Gasteiger partial charge on any atom is -0.258 e. The normalized spacial score (nSPS) is 10.8. The maximum atomic E-state index is 10.8. The lowest BCUT2D eigenvalue weighted by molar-refractivity contribution is -0.384. The summed E-state index contributed by atoms with van der Waals surface area (Å²) in [5.74, 6) is 0. The molecule has 0 unspecified atom stereocenters. The van der Waals surface area contributed by atoms with Gasteiger partial charge in [0.1, 0.15) is 5.01 Å². The second-order valence-corrected chi connectivity index (χ2v) is 7.02. The first kappa shape index (κ1) is 14.5. The summed E-state index contributed by atoms with van der Waals surface area (Å²) in [4.78, 5) is 15.5. The van der Waals surface area contributed by atoms with Gasteiger partial charge in [-0.15, -0.1) is 22.7 Å². The second-order valence-electron chi connectivity index (χ2n) is 4.07. The summed E-state index contributed by atoms with van der Waals surface area (Å²) < 4.78 is 0.160. The first-order valence-corrected chi connectivity index (χ1v) is 8.15. The van der Waals surface area contributed by atoms with E-state index >= 15 is 0 Å². The Balaban J connectivity index is 1.99. The molecule has 0 bridgehead atoms. The van der Waals surface area contributed by atoms with Crippen LogP contribution in [0.4, 0.5) is 5.69 Å². The third-order valence-corrected chi connectivity index (χ3v) is 5.18. The van der Waals surface area contributed by atoms with Crippen LogP contribution < -0.4 is 0 Å². The highest BCUT2D eigenvalue weighted by atomic mass is 35.5. The largest absolute Gasteiger partial charge is 0.299 e. The summed E-state index contributed by atoms with van der Waals surface area (Å²) >= 11 is 14.4. The van der Waals surface area contributed by atoms with Gasteiger partial charge in [-0.25, -0.2) is 4.98 Å². The molecule has 0 spiro atoms. The maximum Gasteiger partial charge on any atom is 0.299 e. The van der Waals surface area contributed by atoms with Crippen molar-refractivity contribution in [1.82, 2.24) is 4.98 Å². The van der Waals surface area contributed by atoms with Crippen LogP contribution in [0, 0.1) is 10.1 Å². The molecule has 106 valence electrons. The predicted octanol–water partition coefficient (Wildman–Crippen LogP) is 5.75. The van der Waals surface area contributed by atoms with Crippen LogP contribution in [0.25, 0.3) is 21.1 Å². The number of thiazole rings is 1. The molecule has 3 rings (SSSR count). The molecule has 0 saturated heterocycles. The zero-order valence-electron chi connectivity index (χ0n) is 10.2. The number of rotatable bonds is 3. The second kappa shape index (κ2) is 5.73. The number of halogens is 2. The number of hydrogen-bond donors (Lipinski definition) is 0. The summed E-state index contributed by atoms with van der Waals surface area (Å²) in [6, 6.07) is 8.84. The molecule has 0 amide bonds. The molecule has 0 saturated carbocycles. The Morgan fingerprint density at radius 2 is 2.05 bits per heavy atom. The van der Waals surface area contributed by atoms with Crippen LogP contribution in [-0.2, 0) is 0 Å². The van der Waals surface area contributed by atoms with Crippen molar-refractivity contribution < 1.29 is 4.92 Å². The standard InChI is InChI=1S/C13H6Cl2N2O2S2/c14-8-3-1-2-7(4-8)13-16-9(6-20-13)11-5-10(17(18)19)12(15)21-11/h1-6H. The third kappa shape index (κ3) is 2.94. The van der Waals surface area contributed by atoms with E-state index in [0.29, 0.717) is 15.6 Å². The van der Waals surface area contributed by atoms with Crippen molar-refractivity contribution in [2.24, 2.45) is 0 Å². The van der Waals surface area contributed by atoms with Gasteiger partial charge in [-0.1, -0.05) is 35.3 Å². The molecule has 21 heavy (non-hydrogen) atoms. The average molecular weight is 357 g/mol. The lowest BCUT2D eigenvalue weighted by Gasteiger charge is -1.96. The van der Waals surface area contributed by atoms with E-state index in [-0.39, 0.29) is 10.0 Å². The van der Waals surface area contributed by atoms with Gasteiger partial charge in [0.2, 0.25) is 0 Å². The highest BCUT2D eigenvalue weighted by Gasteiger charge is 2.19. The van der Waals surface area contributed by atoms with Crippen LogP contribution in [0.1, 0.15) is 0 Å². The lowest BCUT2D eigenvalue weighted by atomic mass is 10.2. The molecule has 4 nitrogen and oxygen atoms in total. The Bertz CT molecular complexity index is 829. The Morgan fingerprint density at radius 3 is 2.71 bits per heavy atom. The molecular weight excluding hydrogens is 351 g/mol. The van der Waals surface area contributed by atoms with Crippen LogP contribution in [0.15, 0.2) is 35.7 Å². The monoisotopic (exact) mass is 356 g/mol. The average Bonchev–Trinajstić information content (AvgIpc) is 3.05. The molecule has 0 fully saturated rings. The van der Waals surface area contributed by atoms with Crippen molar-refractivity contribution in [1.29, 1.82) is 0 Å². The number of aromatic nitrogens is 1. The number of benzene rings is 1. The van der Waals surface area contributed by atoms with E-state index in [1.165, 1.54) is 17.4 Å². The molecule has 1 aromatic carbocycles. The van der Waals surface area contributed by atoms with E-state index in [1.807, 2.05) is 23.6 Å². The third-order valence-electron chi connectivity index (χ3n) is 2.69. The van der Waals surface area contributed by atoms with Crippen molar-refractivity contribution in [3.63, 3.8) is 0 Å². The maximum absolute atomic E-state index is 10.8. The minimum atomic E-state index is -0.493. The van der Waals surface area contributed by atoms with E-state index in [2.05, 4.69) is 4.98 Å². The summed E-state index contributed by atoms with van der Waals surface area (Å²) in [6.07, 6.45) is 0. The minimum absolute atomic E-state index is 0.0889. The van der Waals surface area contributed by atoms with Crippen molar-refractivity contribution in [2.75, 3.05) is 0 Å². The van der Waals surface area contributed by atoms with Gasteiger partial charge in [-0.05, 0) is 12.1 Å². The summed E-state index contributed by atoms with van der Waals surface area (Å²) in [7, 11) is 0. The van der Waals surface area contributed by atoms with E-state index < -0.39 is 4.92 Å². The number of thiophene rings is 1. The highest BCUT2D eigenvalue weighted by molar-refractivity contribution is 7.20. The smallest absolute Gasteiger partial charge is 0.258 e. The van der Waals surface area contributed by atoms with Crippen molar-refractivity contribution in [2.45, 2.75) is 0 Å². The van der Waals surface area contributed by atoms with Crippen LogP contribution in [0.3, 0.4) is 0 Å². The molecule has 0 radical (unpaired) electrons. The predicted molar refractivity (Wildman–Crippen MR) is 87.5 cm³/mol. The van der Waals surface area contributed by atoms with Crippen LogP contribution in [0.5, 0.6) is 0 Å².